The second-order valence-corrected chi connectivity index (χ2v) is 4.89. The lowest BCUT2D eigenvalue weighted by atomic mass is 10.0. The lowest BCUT2D eigenvalue weighted by Crippen LogP contribution is -2.38. The molecule has 0 bridgehead atoms. The maximum Gasteiger partial charge on any atom is 0.0811 e. The third-order valence-electron chi connectivity index (χ3n) is 3.45. The van der Waals surface area contributed by atoms with Crippen LogP contribution in [0.25, 0.3) is 0 Å². The number of pyridine rings is 1. The van der Waals surface area contributed by atoms with Crippen molar-refractivity contribution in [2.24, 2.45) is 11.7 Å². The molecular formula is C13H20N2O. The Morgan fingerprint density at radius 2 is 2.50 bits per heavy atom. The van der Waals surface area contributed by atoms with Crippen molar-refractivity contribution in [1.29, 1.82) is 0 Å². The predicted molar refractivity (Wildman–Crippen MR) is 63.8 cm³/mol. The highest BCUT2D eigenvalue weighted by Gasteiger charge is 2.37. The summed E-state index contributed by atoms with van der Waals surface area (Å²) in [4.78, 5) is 4.08. The van der Waals surface area contributed by atoms with Gasteiger partial charge in [-0.25, -0.2) is 0 Å². The summed E-state index contributed by atoms with van der Waals surface area (Å²) in [6, 6.07) is 3.97. The third kappa shape index (κ3) is 2.60. The summed E-state index contributed by atoms with van der Waals surface area (Å²) < 4.78 is 6.03. The third-order valence-corrected chi connectivity index (χ3v) is 3.45. The first-order chi connectivity index (χ1) is 7.74. The minimum atomic E-state index is -0.0880. The van der Waals surface area contributed by atoms with E-state index in [4.69, 9.17) is 10.5 Å². The molecule has 1 fully saturated rings. The van der Waals surface area contributed by atoms with Gasteiger partial charge in [-0.15, -0.1) is 0 Å². The first kappa shape index (κ1) is 11.6. The Morgan fingerprint density at radius 1 is 1.62 bits per heavy atom. The van der Waals surface area contributed by atoms with Gasteiger partial charge in [-0.1, -0.05) is 13.0 Å². The summed E-state index contributed by atoms with van der Waals surface area (Å²) in [7, 11) is 0. The topological polar surface area (TPSA) is 48.1 Å². The molecule has 1 heterocycles. The van der Waals surface area contributed by atoms with Crippen molar-refractivity contribution >= 4 is 0 Å². The van der Waals surface area contributed by atoms with Crippen LogP contribution in [0.15, 0.2) is 24.5 Å². The molecule has 1 aliphatic rings. The Labute approximate surface area is 97.0 Å². The molecule has 0 saturated heterocycles. The number of rotatable bonds is 4. The van der Waals surface area contributed by atoms with E-state index in [1.807, 2.05) is 18.3 Å². The van der Waals surface area contributed by atoms with Gasteiger partial charge in [-0.05, 0) is 36.8 Å². The molecule has 2 N–H and O–H groups in total. The maximum atomic E-state index is 6.03. The molecule has 2 rings (SSSR count). The van der Waals surface area contributed by atoms with Gasteiger partial charge in [0.25, 0.3) is 0 Å². The Bertz CT molecular complexity index is 328. The largest absolute Gasteiger partial charge is 0.369 e. The second-order valence-electron chi connectivity index (χ2n) is 4.89. The number of aromatic nitrogens is 1. The zero-order valence-corrected chi connectivity index (χ0v) is 9.86. The number of hydrogen-bond acceptors (Lipinski definition) is 3. The van der Waals surface area contributed by atoms with E-state index in [2.05, 4.69) is 11.9 Å². The lowest BCUT2D eigenvalue weighted by Gasteiger charge is -2.28. The van der Waals surface area contributed by atoms with Gasteiger partial charge < -0.3 is 10.5 Å². The van der Waals surface area contributed by atoms with Crippen LogP contribution in [0.1, 0.15) is 31.7 Å². The molecule has 88 valence electrons. The van der Waals surface area contributed by atoms with Crippen LogP contribution >= 0.6 is 0 Å². The standard InChI is InChI=1S/C13H20N2O/c1-11-4-5-13(7-11,10-14)16-9-12-3-2-6-15-8-12/h2-3,6,8,11H,4-5,7,9-10,14H2,1H3. The highest BCUT2D eigenvalue weighted by atomic mass is 16.5. The Hall–Kier alpha value is -0.930. The van der Waals surface area contributed by atoms with Crippen molar-refractivity contribution in [2.45, 2.75) is 38.4 Å². The molecule has 0 aliphatic heterocycles. The van der Waals surface area contributed by atoms with E-state index < -0.39 is 0 Å². The van der Waals surface area contributed by atoms with Gasteiger partial charge in [0.2, 0.25) is 0 Å². The van der Waals surface area contributed by atoms with Crippen LogP contribution in [0.2, 0.25) is 0 Å². The molecule has 1 saturated carbocycles. The summed E-state index contributed by atoms with van der Waals surface area (Å²) >= 11 is 0. The van der Waals surface area contributed by atoms with Gasteiger partial charge in [-0.3, -0.25) is 4.98 Å². The summed E-state index contributed by atoms with van der Waals surface area (Å²) in [5.74, 6) is 0.734. The summed E-state index contributed by atoms with van der Waals surface area (Å²) in [5.41, 5.74) is 6.89. The molecule has 1 aliphatic carbocycles. The van der Waals surface area contributed by atoms with Gasteiger partial charge in [0.15, 0.2) is 0 Å². The fourth-order valence-electron chi connectivity index (χ4n) is 2.44. The SMILES string of the molecule is CC1CCC(CN)(OCc2cccnc2)C1. The molecule has 16 heavy (non-hydrogen) atoms. The lowest BCUT2D eigenvalue weighted by molar-refractivity contribution is -0.0472. The zero-order valence-electron chi connectivity index (χ0n) is 9.86. The van der Waals surface area contributed by atoms with Crippen molar-refractivity contribution < 1.29 is 4.74 Å². The van der Waals surface area contributed by atoms with Crippen LogP contribution in [-0.4, -0.2) is 17.1 Å². The first-order valence-corrected chi connectivity index (χ1v) is 5.97. The molecule has 0 spiro atoms. The maximum absolute atomic E-state index is 6.03. The Kier molecular flexibility index (Phi) is 3.56. The summed E-state index contributed by atoms with van der Waals surface area (Å²) in [6.07, 6.45) is 7.03. The van der Waals surface area contributed by atoms with E-state index in [0.29, 0.717) is 13.2 Å². The van der Waals surface area contributed by atoms with Gasteiger partial charge in [0.05, 0.1) is 12.2 Å². The fourth-order valence-corrected chi connectivity index (χ4v) is 2.44. The number of nitrogens with two attached hydrogens (primary N) is 1. The predicted octanol–water partition coefficient (Wildman–Crippen LogP) is 2.12. The van der Waals surface area contributed by atoms with E-state index in [9.17, 15) is 0 Å². The van der Waals surface area contributed by atoms with Gasteiger partial charge in [0, 0.05) is 18.9 Å². The molecule has 3 heteroatoms. The van der Waals surface area contributed by atoms with Crippen LogP contribution < -0.4 is 5.73 Å². The molecule has 2 unspecified atom stereocenters. The smallest absolute Gasteiger partial charge is 0.0811 e. The fraction of sp³-hybridized carbons (Fsp3) is 0.615. The average Bonchev–Trinajstić information content (AvgIpc) is 2.71. The van der Waals surface area contributed by atoms with Crippen LogP contribution in [0, 0.1) is 5.92 Å². The molecule has 0 radical (unpaired) electrons. The molecule has 0 amide bonds. The molecular weight excluding hydrogens is 200 g/mol. The van der Waals surface area contributed by atoms with Crippen LogP contribution in [0.3, 0.4) is 0 Å². The molecule has 1 aromatic rings. The van der Waals surface area contributed by atoms with Crippen molar-refractivity contribution in [3.05, 3.63) is 30.1 Å². The Morgan fingerprint density at radius 3 is 3.06 bits per heavy atom. The zero-order chi connectivity index (χ0) is 11.4. The molecule has 1 aromatic heterocycles. The van der Waals surface area contributed by atoms with E-state index in [1.165, 1.54) is 6.42 Å². The van der Waals surface area contributed by atoms with E-state index >= 15 is 0 Å². The van der Waals surface area contributed by atoms with Gasteiger partial charge >= 0.3 is 0 Å². The van der Waals surface area contributed by atoms with Crippen LogP contribution in [0.4, 0.5) is 0 Å². The number of hydrogen-bond donors (Lipinski definition) is 1. The van der Waals surface area contributed by atoms with Gasteiger partial charge in [-0.2, -0.15) is 0 Å². The molecule has 3 nitrogen and oxygen atoms in total. The molecule has 0 aromatic carbocycles. The van der Waals surface area contributed by atoms with Crippen molar-refractivity contribution in [3.8, 4) is 0 Å². The second kappa shape index (κ2) is 4.93. The highest BCUT2D eigenvalue weighted by Crippen LogP contribution is 2.37. The Balaban J connectivity index is 1.93. The normalized spacial score (nSPS) is 29.5. The van der Waals surface area contributed by atoms with Crippen molar-refractivity contribution in [2.75, 3.05) is 6.54 Å². The van der Waals surface area contributed by atoms with E-state index in [1.54, 1.807) is 6.20 Å². The summed E-state index contributed by atoms with van der Waals surface area (Å²) in [5, 5.41) is 0. The number of nitrogens with zero attached hydrogens (tertiary/aromatic N) is 1. The van der Waals surface area contributed by atoms with Crippen molar-refractivity contribution in [1.82, 2.24) is 4.98 Å². The van der Waals surface area contributed by atoms with E-state index in [0.717, 1.165) is 24.3 Å². The minimum Gasteiger partial charge on any atom is -0.369 e. The molecule has 2 atom stereocenters. The average molecular weight is 220 g/mol. The van der Waals surface area contributed by atoms with Crippen molar-refractivity contribution in [3.63, 3.8) is 0 Å². The monoisotopic (exact) mass is 220 g/mol. The van der Waals surface area contributed by atoms with Gasteiger partial charge in [0.1, 0.15) is 0 Å². The highest BCUT2D eigenvalue weighted by molar-refractivity contribution is 5.07. The quantitative estimate of drug-likeness (QED) is 0.845. The van der Waals surface area contributed by atoms with E-state index in [-0.39, 0.29) is 5.60 Å². The first-order valence-electron chi connectivity index (χ1n) is 5.97. The summed E-state index contributed by atoms with van der Waals surface area (Å²) in [6.45, 7) is 3.51. The minimum absolute atomic E-state index is 0.0880. The number of ether oxygens (including phenoxy) is 1. The van der Waals surface area contributed by atoms with Crippen LogP contribution in [0.5, 0.6) is 0 Å². The van der Waals surface area contributed by atoms with Crippen LogP contribution in [-0.2, 0) is 11.3 Å².